The molecule has 15 heavy (non-hydrogen) atoms. The molecule has 2 nitrogen and oxygen atoms in total. The normalized spacial score (nSPS) is 13.0. The lowest BCUT2D eigenvalue weighted by Gasteiger charge is -1.97. The van der Waals surface area contributed by atoms with Crippen LogP contribution in [-0.2, 0) is 9.84 Å². The van der Waals surface area contributed by atoms with Crippen LogP contribution in [0.5, 0.6) is 0 Å². The fraction of sp³-hybridized carbons (Fsp3) is 0.200. The summed E-state index contributed by atoms with van der Waals surface area (Å²) in [5, 5.41) is 2.77. The number of hydrogen-bond donors (Lipinski definition) is 0. The van der Waals surface area contributed by atoms with E-state index < -0.39 is 9.84 Å². The molecular formula is C10H11IO2S2. The second kappa shape index (κ2) is 7.14. The van der Waals surface area contributed by atoms with Crippen molar-refractivity contribution in [1.82, 2.24) is 0 Å². The van der Waals surface area contributed by atoms with Crippen LogP contribution in [0.25, 0.3) is 0 Å². The molecule has 0 saturated carbocycles. The van der Waals surface area contributed by atoms with Gasteiger partial charge in [-0.1, -0.05) is 24.7 Å². The highest BCUT2D eigenvalue weighted by molar-refractivity contribution is 14.2. The van der Waals surface area contributed by atoms with Crippen molar-refractivity contribution in [3.8, 4) is 11.2 Å². The summed E-state index contributed by atoms with van der Waals surface area (Å²) in [6.45, 7) is 5.25. The lowest BCUT2D eigenvalue weighted by molar-refractivity contribution is 0.608. The molecule has 0 aliphatic rings. The summed E-state index contributed by atoms with van der Waals surface area (Å²) in [5.74, 6) is 2.80. The summed E-state index contributed by atoms with van der Waals surface area (Å²) in [6, 6.07) is 0. The maximum absolute atomic E-state index is 11.3. The largest absolute Gasteiger partial charge is 0.224 e. The first-order chi connectivity index (χ1) is 6.95. The summed E-state index contributed by atoms with van der Waals surface area (Å²) in [4.78, 5) is 0.255. The Balaban J connectivity index is 5.25. The van der Waals surface area contributed by atoms with Gasteiger partial charge in [0.25, 0.3) is 0 Å². The molecule has 0 saturated heterocycles. The van der Waals surface area contributed by atoms with Crippen LogP contribution in [0.4, 0.5) is 0 Å². The number of rotatable bonds is 3. The molecule has 0 N–H and O–H groups in total. The van der Waals surface area contributed by atoms with Gasteiger partial charge in [-0.15, -0.1) is 0 Å². The average Bonchev–Trinajstić information content (AvgIpc) is 2.16. The smallest absolute Gasteiger partial charge is 0.175 e. The summed E-state index contributed by atoms with van der Waals surface area (Å²) in [6.07, 6.45) is 5.76. The zero-order valence-electron chi connectivity index (χ0n) is 8.45. The van der Waals surface area contributed by atoms with E-state index in [1.165, 1.54) is 33.4 Å². The van der Waals surface area contributed by atoms with Crippen molar-refractivity contribution in [2.24, 2.45) is 0 Å². The van der Waals surface area contributed by atoms with Crippen molar-refractivity contribution in [3.63, 3.8) is 0 Å². The van der Waals surface area contributed by atoms with E-state index in [1.807, 2.05) is 21.2 Å². The molecule has 0 unspecified atom stereocenters. The van der Waals surface area contributed by atoms with E-state index in [4.69, 9.17) is 0 Å². The first-order valence-electron chi connectivity index (χ1n) is 3.94. The molecule has 0 fully saturated rings. The Morgan fingerprint density at radius 2 is 2.13 bits per heavy atom. The van der Waals surface area contributed by atoms with E-state index in [0.717, 1.165) is 0 Å². The van der Waals surface area contributed by atoms with Crippen molar-refractivity contribution in [3.05, 3.63) is 35.3 Å². The van der Waals surface area contributed by atoms with Gasteiger partial charge in [-0.2, -0.15) is 0 Å². The molecule has 0 bridgehead atoms. The van der Waals surface area contributed by atoms with Crippen LogP contribution >= 0.6 is 30.1 Å². The SMILES string of the molecule is C=C/C(C#CSI)=C\C(=C/C)S(C)(=O)=O. The van der Waals surface area contributed by atoms with Gasteiger partial charge >= 0.3 is 0 Å². The first kappa shape index (κ1) is 14.8. The number of halogens is 1. The van der Waals surface area contributed by atoms with E-state index in [1.54, 1.807) is 6.92 Å². The van der Waals surface area contributed by atoms with Gasteiger partial charge < -0.3 is 0 Å². The summed E-state index contributed by atoms with van der Waals surface area (Å²) < 4.78 is 22.6. The average molecular weight is 354 g/mol. The van der Waals surface area contributed by atoms with Crippen molar-refractivity contribution < 1.29 is 8.42 Å². The van der Waals surface area contributed by atoms with E-state index in [2.05, 4.69) is 17.8 Å². The van der Waals surface area contributed by atoms with Gasteiger partial charge in [0.2, 0.25) is 0 Å². The Morgan fingerprint density at radius 3 is 2.47 bits per heavy atom. The Labute approximate surface area is 107 Å². The van der Waals surface area contributed by atoms with E-state index in [9.17, 15) is 8.42 Å². The second-order valence-electron chi connectivity index (χ2n) is 2.57. The van der Waals surface area contributed by atoms with E-state index >= 15 is 0 Å². The third kappa shape index (κ3) is 6.07. The number of sulfone groups is 1. The summed E-state index contributed by atoms with van der Waals surface area (Å²) >= 11 is 2.04. The van der Waals surface area contributed by atoms with Gasteiger partial charge in [-0.3, -0.25) is 0 Å². The molecule has 0 aromatic heterocycles. The third-order valence-corrected chi connectivity index (χ3v) is 3.51. The van der Waals surface area contributed by atoms with Gasteiger partial charge in [0.1, 0.15) is 0 Å². The van der Waals surface area contributed by atoms with Crippen molar-refractivity contribution >= 4 is 40.0 Å². The second-order valence-corrected chi connectivity index (χ2v) is 6.27. The third-order valence-electron chi connectivity index (χ3n) is 1.46. The number of allylic oxidation sites excluding steroid dienone is 4. The van der Waals surface area contributed by atoms with Crippen molar-refractivity contribution in [2.45, 2.75) is 6.92 Å². The highest BCUT2D eigenvalue weighted by Crippen LogP contribution is 2.12. The van der Waals surface area contributed by atoms with E-state index in [0.29, 0.717) is 5.57 Å². The molecule has 0 aliphatic heterocycles. The highest BCUT2D eigenvalue weighted by Gasteiger charge is 2.06. The summed E-state index contributed by atoms with van der Waals surface area (Å²) in [7, 11) is -1.85. The minimum Gasteiger partial charge on any atom is -0.224 e. The maximum Gasteiger partial charge on any atom is 0.175 e. The van der Waals surface area contributed by atoms with Crippen molar-refractivity contribution in [2.75, 3.05) is 6.26 Å². The molecule has 0 atom stereocenters. The molecule has 0 radical (unpaired) electrons. The standard InChI is InChI=1S/C10H11IO2S2/c1-4-9(6-7-14-11)8-10(5-2)15(3,12)13/h4-5,8H,1H2,2-3H3/b9-8+,10-5+. The molecule has 0 rings (SSSR count). The highest BCUT2D eigenvalue weighted by atomic mass is 127. The van der Waals surface area contributed by atoms with Gasteiger partial charge in [0, 0.05) is 33.0 Å². The molecular weight excluding hydrogens is 343 g/mol. The molecule has 0 amide bonds. The van der Waals surface area contributed by atoms with Gasteiger partial charge in [0.15, 0.2) is 9.84 Å². The topological polar surface area (TPSA) is 34.1 Å². The molecule has 5 heteroatoms. The summed E-state index contributed by atoms with van der Waals surface area (Å²) in [5.41, 5.74) is 0.595. The lowest BCUT2D eigenvalue weighted by atomic mass is 10.2. The predicted octanol–water partition coefficient (Wildman–Crippen LogP) is 3.09. The quantitative estimate of drug-likeness (QED) is 0.444. The van der Waals surface area contributed by atoms with Crippen LogP contribution in [-0.4, -0.2) is 14.7 Å². The van der Waals surface area contributed by atoms with Crippen LogP contribution in [0.3, 0.4) is 0 Å². The van der Waals surface area contributed by atoms with Crippen LogP contribution < -0.4 is 0 Å². The monoisotopic (exact) mass is 354 g/mol. The van der Waals surface area contributed by atoms with Gasteiger partial charge in [-0.25, -0.2) is 8.42 Å². The molecule has 82 valence electrons. The Kier molecular flexibility index (Phi) is 7.05. The van der Waals surface area contributed by atoms with Crippen molar-refractivity contribution in [1.29, 1.82) is 0 Å². The Hall–Kier alpha value is -0.190. The molecule has 0 spiro atoms. The maximum atomic E-state index is 11.3. The zero-order chi connectivity index (χ0) is 11.9. The fourth-order valence-corrected chi connectivity index (χ4v) is 2.04. The number of hydrogen-bond acceptors (Lipinski definition) is 3. The Bertz CT molecular complexity index is 448. The zero-order valence-corrected chi connectivity index (χ0v) is 12.2. The predicted molar refractivity (Wildman–Crippen MR) is 76.3 cm³/mol. The molecule has 0 aromatic rings. The van der Waals surface area contributed by atoms with Crippen LogP contribution in [0.15, 0.2) is 35.3 Å². The molecule has 0 aromatic carbocycles. The minimum atomic E-state index is -3.18. The van der Waals surface area contributed by atoms with Crippen LogP contribution in [0.2, 0.25) is 0 Å². The van der Waals surface area contributed by atoms with Gasteiger partial charge in [0.05, 0.1) is 4.91 Å². The fourth-order valence-electron chi connectivity index (χ4n) is 0.782. The first-order valence-corrected chi connectivity index (χ1v) is 9.20. The van der Waals surface area contributed by atoms with Gasteiger partial charge in [-0.05, 0) is 27.2 Å². The van der Waals surface area contributed by atoms with Crippen LogP contribution in [0, 0.1) is 11.2 Å². The minimum absolute atomic E-state index is 0.255. The van der Waals surface area contributed by atoms with E-state index in [-0.39, 0.29) is 4.91 Å². The molecule has 0 heterocycles. The van der Waals surface area contributed by atoms with Crippen LogP contribution in [0.1, 0.15) is 6.92 Å². The Morgan fingerprint density at radius 1 is 1.53 bits per heavy atom. The lowest BCUT2D eigenvalue weighted by Crippen LogP contribution is -1.98. The molecule has 0 aliphatic carbocycles.